The number of hydrogen-bond acceptors (Lipinski definition) is 1. The zero-order valence-electron chi connectivity index (χ0n) is 6.80. The highest BCUT2D eigenvalue weighted by Gasteiger charge is 2.00. The van der Waals surface area contributed by atoms with Crippen LogP contribution in [0.25, 0.3) is 10.9 Å². The zero-order valence-corrected chi connectivity index (χ0v) is 9.14. The maximum Gasteiger partial charge on any atom is 0.0746 e. The van der Waals surface area contributed by atoms with Gasteiger partial charge in [-0.1, -0.05) is 18.2 Å². The molecule has 13 heavy (non-hydrogen) atoms. The van der Waals surface area contributed by atoms with Crippen molar-refractivity contribution in [3.05, 3.63) is 40.5 Å². The molecule has 0 amide bonds. The average molecular weight is 257 g/mol. The molecule has 0 aliphatic heterocycles. The Hall–Kier alpha value is -0.600. The molecule has 0 N–H and O–H groups in total. The van der Waals surface area contributed by atoms with Crippen molar-refractivity contribution in [2.75, 3.05) is 0 Å². The van der Waals surface area contributed by atoms with Crippen LogP contribution in [0.3, 0.4) is 0 Å². The van der Waals surface area contributed by atoms with E-state index in [2.05, 4.69) is 20.9 Å². The van der Waals surface area contributed by atoms with Crippen LogP contribution in [0.4, 0.5) is 0 Å². The van der Waals surface area contributed by atoms with Crippen molar-refractivity contribution in [3.63, 3.8) is 0 Å². The molecule has 2 aromatic rings. The van der Waals surface area contributed by atoms with E-state index in [1.165, 1.54) is 0 Å². The summed E-state index contributed by atoms with van der Waals surface area (Å²) in [4.78, 5) is 4.32. The zero-order chi connectivity index (χ0) is 9.26. The van der Waals surface area contributed by atoms with Crippen molar-refractivity contribution in [1.82, 2.24) is 4.98 Å². The summed E-state index contributed by atoms with van der Waals surface area (Å²) in [5.74, 6) is 0.506. The molecule has 2 rings (SSSR count). The minimum Gasteiger partial charge on any atom is -0.255 e. The van der Waals surface area contributed by atoms with E-state index in [4.69, 9.17) is 11.6 Å². The van der Waals surface area contributed by atoms with E-state index in [1.807, 2.05) is 24.3 Å². The van der Waals surface area contributed by atoms with Crippen LogP contribution in [-0.2, 0) is 5.88 Å². The number of pyridine rings is 1. The Morgan fingerprint density at radius 2 is 2.23 bits per heavy atom. The van der Waals surface area contributed by atoms with Crippen LogP contribution in [0.1, 0.15) is 5.56 Å². The van der Waals surface area contributed by atoms with E-state index < -0.39 is 0 Å². The highest BCUT2D eigenvalue weighted by atomic mass is 79.9. The number of fused-ring (bicyclic) bond motifs is 1. The van der Waals surface area contributed by atoms with Gasteiger partial charge in [0.1, 0.15) is 0 Å². The van der Waals surface area contributed by atoms with Gasteiger partial charge in [-0.05, 0) is 27.6 Å². The third-order valence-electron chi connectivity index (χ3n) is 1.91. The van der Waals surface area contributed by atoms with E-state index in [-0.39, 0.29) is 0 Å². The van der Waals surface area contributed by atoms with Crippen LogP contribution >= 0.6 is 27.5 Å². The van der Waals surface area contributed by atoms with Crippen LogP contribution in [0.15, 0.2) is 34.9 Å². The van der Waals surface area contributed by atoms with Crippen LogP contribution in [0.2, 0.25) is 0 Å². The minimum atomic E-state index is 0.506. The van der Waals surface area contributed by atoms with Gasteiger partial charge in [-0.15, -0.1) is 11.6 Å². The molecule has 66 valence electrons. The van der Waals surface area contributed by atoms with Crippen molar-refractivity contribution in [2.24, 2.45) is 0 Å². The summed E-state index contributed by atoms with van der Waals surface area (Å²) in [5, 5.41) is 1.12. The van der Waals surface area contributed by atoms with E-state index in [9.17, 15) is 0 Å². The Bertz CT molecular complexity index is 442. The monoisotopic (exact) mass is 255 g/mol. The SMILES string of the molecule is ClCc1cccc2cc(Br)cnc12. The van der Waals surface area contributed by atoms with Crippen LogP contribution in [0, 0.1) is 0 Å². The number of nitrogens with zero attached hydrogens (tertiary/aromatic N) is 1. The number of benzene rings is 1. The first-order valence-corrected chi connectivity index (χ1v) is 5.23. The number of alkyl halides is 1. The molecule has 0 aliphatic carbocycles. The molecule has 0 saturated heterocycles. The fourth-order valence-corrected chi connectivity index (χ4v) is 1.87. The van der Waals surface area contributed by atoms with Gasteiger partial charge in [-0.2, -0.15) is 0 Å². The molecule has 1 aromatic carbocycles. The van der Waals surface area contributed by atoms with Gasteiger partial charge in [-0.3, -0.25) is 4.98 Å². The third kappa shape index (κ3) is 1.69. The highest BCUT2D eigenvalue weighted by Crippen LogP contribution is 2.21. The number of hydrogen-bond donors (Lipinski definition) is 0. The summed E-state index contributed by atoms with van der Waals surface area (Å²) < 4.78 is 0.992. The molecule has 1 aromatic heterocycles. The number of halogens is 2. The molecule has 0 fully saturated rings. The lowest BCUT2D eigenvalue weighted by atomic mass is 10.1. The summed E-state index contributed by atoms with van der Waals surface area (Å²) in [6.07, 6.45) is 1.79. The Morgan fingerprint density at radius 3 is 3.00 bits per heavy atom. The number of para-hydroxylation sites is 1. The van der Waals surface area contributed by atoms with Crippen molar-refractivity contribution in [2.45, 2.75) is 5.88 Å². The molecule has 0 unspecified atom stereocenters. The van der Waals surface area contributed by atoms with Crippen molar-refractivity contribution < 1.29 is 0 Å². The third-order valence-corrected chi connectivity index (χ3v) is 2.63. The lowest BCUT2D eigenvalue weighted by molar-refractivity contribution is 1.33. The molecule has 1 nitrogen and oxygen atoms in total. The summed E-state index contributed by atoms with van der Waals surface area (Å²) in [5.41, 5.74) is 2.06. The predicted molar refractivity (Wildman–Crippen MR) is 59.0 cm³/mol. The second-order valence-electron chi connectivity index (χ2n) is 2.78. The lowest BCUT2D eigenvalue weighted by Gasteiger charge is -2.01. The van der Waals surface area contributed by atoms with Gasteiger partial charge >= 0.3 is 0 Å². The van der Waals surface area contributed by atoms with E-state index in [0.717, 1.165) is 20.9 Å². The molecular formula is C10H7BrClN. The quantitative estimate of drug-likeness (QED) is 0.708. The fraction of sp³-hybridized carbons (Fsp3) is 0.100. The summed E-state index contributed by atoms with van der Waals surface area (Å²) in [6, 6.07) is 8.06. The van der Waals surface area contributed by atoms with Gasteiger partial charge in [0, 0.05) is 21.9 Å². The average Bonchev–Trinajstić information content (AvgIpc) is 2.16. The van der Waals surface area contributed by atoms with Crippen LogP contribution in [-0.4, -0.2) is 4.98 Å². The predicted octanol–water partition coefficient (Wildman–Crippen LogP) is 3.74. The Kier molecular flexibility index (Phi) is 2.51. The van der Waals surface area contributed by atoms with Gasteiger partial charge < -0.3 is 0 Å². The molecule has 0 radical (unpaired) electrons. The molecule has 0 aliphatic rings. The smallest absolute Gasteiger partial charge is 0.0746 e. The van der Waals surface area contributed by atoms with Crippen molar-refractivity contribution in [3.8, 4) is 0 Å². The van der Waals surface area contributed by atoms with Gasteiger partial charge in [0.25, 0.3) is 0 Å². The van der Waals surface area contributed by atoms with Crippen molar-refractivity contribution >= 4 is 38.4 Å². The van der Waals surface area contributed by atoms with Crippen LogP contribution < -0.4 is 0 Å². The first kappa shape index (κ1) is 8.97. The number of rotatable bonds is 1. The van der Waals surface area contributed by atoms with E-state index in [1.54, 1.807) is 6.20 Å². The standard InChI is InChI=1S/C10H7BrClN/c11-9-4-7-2-1-3-8(5-12)10(7)13-6-9/h1-4,6H,5H2. The Balaban J connectivity index is 2.77. The van der Waals surface area contributed by atoms with Gasteiger partial charge in [0.05, 0.1) is 5.52 Å². The molecular weight excluding hydrogens is 249 g/mol. The maximum atomic E-state index is 5.79. The van der Waals surface area contributed by atoms with Gasteiger partial charge in [0.15, 0.2) is 0 Å². The normalized spacial score (nSPS) is 10.6. The van der Waals surface area contributed by atoms with Crippen LogP contribution in [0.5, 0.6) is 0 Å². The Morgan fingerprint density at radius 1 is 1.38 bits per heavy atom. The molecule has 1 heterocycles. The molecule has 0 saturated carbocycles. The molecule has 3 heteroatoms. The Labute approximate surface area is 89.9 Å². The van der Waals surface area contributed by atoms with Crippen molar-refractivity contribution in [1.29, 1.82) is 0 Å². The van der Waals surface area contributed by atoms with Gasteiger partial charge in [-0.25, -0.2) is 0 Å². The second-order valence-corrected chi connectivity index (χ2v) is 3.96. The summed E-state index contributed by atoms with van der Waals surface area (Å²) >= 11 is 9.18. The first-order chi connectivity index (χ1) is 6.31. The largest absolute Gasteiger partial charge is 0.255 e. The topological polar surface area (TPSA) is 12.9 Å². The minimum absolute atomic E-state index is 0.506. The van der Waals surface area contributed by atoms with Gasteiger partial charge in [0.2, 0.25) is 0 Å². The summed E-state index contributed by atoms with van der Waals surface area (Å²) in [7, 11) is 0. The lowest BCUT2D eigenvalue weighted by Crippen LogP contribution is -1.85. The fourth-order valence-electron chi connectivity index (χ4n) is 1.30. The van der Waals surface area contributed by atoms with E-state index >= 15 is 0 Å². The second kappa shape index (κ2) is 3.64. The molecule has 0 spiro atoms. The molecule has 0 atom stereocenters. The maximum absolute atomic E-state index is 5.79. The highest BCUT2D eigenvalue weighted by molar-refractivity contribution is 9.10. The molecule has 0 bridgehead atoms. The van der Waals surface area contributed by atoms with E-state index in [0.29, 0.717) is 5.88 Å². The number of aromatic nitrogens is 1. The first-order valence-electron chi connectivity index (χ1n) is 3.90. The summed E-state index contributed by atoms with van der Waals surface area (Å²) in [6.45, 7) is 0.